The van der Waals surface area contributed by atoms with Crippen LogP contribution in [0.2, 0.25) is 0 Å². The van der Waals surface area contributed by atoms with E-state index in [4.69, 9.17) is 5.11 Å². The number of aromatic nitrogens is 2. The van der Waals surface area contributed by atoms with Crippen LogP contribution in [0.1, 0.15) is 6.42 Å². The first-order chi connectivity index (χ1) is 10.2. The molecule has 1 aromatic carbocycles. The summed E-state index contributed by atoms with van der Waals surface area (Å²) >= 11 is 3.09. The Morgan fingerprint density at radius 1 is 1.33 bits per heavy atom. The van der Waals surface area contributed by atoms with Crippen LogP contribution in [0, 0.1) is 0 Å². The van der Waals surface area contributed by atoms with Crippen molar-refractivity contribution in [3.05, 3.63) is 36.5 Å². The summed E-state index contributed by atoms with van der Waals surface area (Å²) in [7, 11) is 0. The number of aliphatic carboxylic acids is 1. The second kappa shape index (κ2) is 8.14. The molecule has 0 fully saturated rings. The van der Waals surface area contributed by atoms with Crippen LogP contribution < -0.4 is 0 Å². The van der Waals surface area contributed by atoms with Crippen LogP contribution >= 0.6 is 23.5 Å². The quantitative estimate of drug-likeness (QED) is 0.595. The molecule has 0 aliphatic rings. The SMILES string of the molecule is CSCCCn1c(-c2ccccc2)cnc1SCC(=O)O. The molecule has 0 aliphatic carbocycles. The molecule has 112 valence electrons. The molecular weight excluding hydrogens is 304 g/mol. The normalized spacial score (nSPS) is 10.7. The monoisotopic (exact) mass is 322 g/mol. The highest BCUT2D eigenvalue weighted by Gasteiger charge is 2.13. The first kappa shape index (κ1) is 16.0. The Hall–Kier alpha value is -1.40. The highest BCUT2D eigenvalue weighted by molar-refractivity contribution is 7.99. The van der Waals surface area contributed by atoms with E-state index in [-0.39, 0.29) is 5.75 Å². The summed E-state index contributed by atoms with van der Waals surface area (Å²) in [5.41, 5.74) is 2.15. The molecule has 0 bridgehead atoms. The fraction of sp³-hybridized carbons (Fsp3) is 0.333. The molecule has 21 heavy (non-hydrogen) atoms. The summed E-state index contributed by atoms with van der Waals surface area (Å²) in [6.07, 6.45) is 4.96. The maximum atomic E-state index is 10.8. The number of rotatable bonds is 8. The number of hydrogen-bond donors (Lipinski definition) is 1. The number of benzene rings is 1. The Labute approximate surface area is 133 Å². The molecule has 0 unspecified atom stereocenters. The van der Waals surface area contributed by atoms with Crippen molar-refractivity contribution >= 4 is 29.5 Å². The van der Waals surface area contributed by atoms with Crippen LogP contribution in [-0.4, -0.2) is 38.4 Å². The van der Waals surface area contributed by atoms with Crippen LogP contribution in [0.5, 0.6) is 0 Å². The number of nitrogens with zero attached hydrogens (tertiary/aromatic N) is 2. The summed E-state index contributed by atoms with van der Waals surface area (Å²) in [4.78, 5) is 15.2. The average Bonchev–Trinajstić information content (AvgIpc) is 2.89. The van der Waals surface area contributed by atoms with Gasteiger partial charge < -0.3 is 9.67 Å². The predicted octanol–water partition coefficient (Wildman–Crippen LogP) is 3.48. The number of hydrogen-bond acceptors (Lipinski definition) is 4. The molecule has 1 heterocycles. The Kier molecular flexibility index (Phi) is 6.20. The molecular formula is C15H18N2O2S2. The van der Waals surface area contributed by atoms with Crippen molar-refractivity contribution in [3.63, 3.8) is 0 Å². The first-order valence-corrected chi connectivity index (χ1v) is 9.05. The van der Waals surface area contributed by atoms with Gasteiger partial charge in [-0.15, -0.1) is 0 Å². The van der Waals surface area contributed by atoms with Crippen LogP contribution in [0.25, 0.3) is 11.3 Å². The molecule has 0 atom stereocenters. The van der Waals surface area contributed by atoms with E-state index in [1.54, 1.807) is 0 Å². The van der Waals surface area contributed by atoms with Crippen molar-refractivity contribution in [3.8, 4) is 11.3 Å². The third-order valence-electron chi connectivity index (χ3n) is 2.94. The molecule has 0 amide bonds. The fourth-order valence-corrected chi connectivity index (χ4v) is 3.17. The zero-order chi connectivity index (χ0) is 15.1. The minimum absolute atomic E-state index is 0.0355. The summed E-state index contributed by atoms with van der Waals surface area (Å²) in [5, 5.41) is 9.62. The zero-order valence-electron chi connectivity index (χ0n) is 11.9. The van der Waals surface area contributed by atoms with Gasteiger partial charge in [-0.2, -0.15) is 11.8 Å². The van der Waals surface area contributed by atoms with Gasteiger partial charge in [0.2, 0.25) is 0 Å². The van der Waals surface area contributed by atoms with Crippen molar-refractivity contribution in [2.24, 2.45) is 0 Å². The number of imidazole rings is 1. The first-order valence-electron chi connectivity index (χ1n) is 6.67. The van der Waals surface area contributed by atoms with E-state index in [0.717, 1.165) is 35.1 Å². The maximum absolute atomic E-state index is 10.8. The molecule has 0 spiro atoms. The lowest BCUT2D eigenvalue weighted by molar-refractivity contribution is -0.133. The van der Waals surface area contributed by atoms with Crippen molar-refractivity contribution in [2.75, 3.05) is 17.8 Å². The second-order valence-corrected chi connectivity index (χ2v) is 6.40. The highest BCUT2D eigenvalue weighted by Crippen LogP contribution is 2.26. The van der Waals surface area contributed by atoms with Crippen LogP contribution in [-0.2, 0) is 11.3 Å². The summed E-state index contributed by atoms with van der Waals surface area (Å²) in [6.45, 7) is 0.854. The topological polar surface area (TPSA) is 55.1 Å². The average molecular weight is 322 g/mol. The summed E-state index contributed by atoms with van der Waals surface area (Å²) in [6, 6.07) is 10.1. The van der Waals surface area contributed by atoms with Crippen molar-refractivity contribution < 1.29 is 9.90 Å². The van der Waals surface area contributed by atoms with Crippen molar-refractivity contribution in [1.29, 1.82) is 0 Å². The van der Waals surface area contributed by atoms with E-state index in [0.29, 0.717) is 0 Å². The van der Waals surface area contributed by atoms with E-state index >= 15 is 0 Å². The van der Waals surface area contributed by atoms with Gasteiger partial charge >= 0.3 is 5.97 Å². The minimum atomic E-state index is -0.820. The minimum Gasteiger partial charge on any atom is -0.481 e. The van der Waals surface area contributed by atoms with E-state index in [1.165, 1.54) is 11.8 Å². The van der Waals surface area contributed by atoms with E-state index < -0.39 is 5.97 Å². The molecule has 2 aromatic rings. The number of carboxylic acids is 1. The molecule has 1 N–H and O–H groups in total. The van der Waals surface area contributed by atoms with Gasteiger partial charge in [0.1, 0.15) is 0 Å². The lowest BCUT2D eigenvalue weighted by Gasteiger charge is -2.11. The number of carboxylic acid groups (broad SMARTS) is 1. The molecule has 0 radical (unpaired) electrons. The van der Waals surface area contributed by atoms with Crippen LogP contribution in [0.4, 0.5) is 0 Å². The van der Waals surface area contributed by atoms with Gasteiger partial charge in [0.05, 0.1) is 17.6 Å². The van der Waals surface area contributed by atoms with Gasteiger partial charge in [-0.1, -0.05) is 42.1 Å². The Morgan fingerprint density at radius 2 is 2.10 bits per heavy atom. The third-order valence-corrected chi connectivity index (χ3v) is 4.62. The molecule has 0 saturated carbocycles. The highest BCUT2D eigenvalue weighted by atomic mass is 32.2. The summed E-state index contributed by atoms with van der Waals surface area (Å²) < 4.78 is 2.12. The number of thioether (sulfide) groups is 2. The molecule has 0 saturated heterocycles. The molecule has 2 rings (SSSR count). The van der Waals surface area contributed by atoms with Gasteiger partial charge in [0.25, 0.3) is 0 Å². The van der Waals surface area contributed by atoms with Gasteiger partial charge in [-0.3, -0.25) is 4.79 Å². The van der Waals surface area contributed by atoms with Crippen LogP contribution in [0.3, 0.4) is 0 Å². The smallest absolute Gasteiger partial charge is 0.313 e. The largest absolute Gasteiger partial charge is 0.481 e. The van der Waals surface area contributed by atoms with Gasteiger partial charge in [0.15, 0.2) is 5.16 Å². The Morgan fingerprint density at radius 3 is 2.76 bits per heavy atom. The van der Waals surface area contributed by atoms with Gasteiger partial charge in [0, 0.05) is 6.54 Å². The van der Waals surface area contributed by atoms with E-state index in [9.17, 15) is 4.79 Å². The van der Waals surface area contributed by atoms with E-state index in [1.807, 2.05) is 48.3 Å². The molecule has 0 aliphatic heterocycles. The van der Waals surface area contributed by atoms with Gasteiger partial charge in [-0.25, -0.2) is 4.98 Å². The molecule has 4 nitrogen and oxygen atoms in total. The lowest BCUT2D eigenvalue weighted by atomic mass is 10.2. The molecule has 6 heteroatoms. The number of carbonyl (C=O) groups is 1. The van der Waals surface area contributed by atoms with Gasteiger partial charge in [-0.05, 0) is 24.0 Å². The second-order valence-electron chi connectivity index (χ2n) is 4.47. The van der Waals surface area contributed by atoms with Crippen LogP contribution in [0.15, 0.2) is 41.7 Å². The van der Waals surface area contributed by atoms with Crippen molar-refractivity contribution in [2.45, 2.75) is 18.1 Å². The standard InChI is InChI=1S/C15H18N2O2S2/c1-20-9-5-8-17-13(12-6-3-2-4-7-12)10-16-15(17)21-11-14(18)19/h2-4,6-7,10H,5,8-9,11H2,1H3,(H,18,19). The lowest BCUT2D eigenvalue weighted by Crippen LogP contribution is -2.05. The Bertz CT molecular complexity index is 585. The third kappa shape index (κ3) is 4.54. The molecule has 1 aromatic heterocycles. The summed E-state index contributed by atoms with van der Waals surface area (Å²) in [5.74, 6) is 0.295. The zero-order valence-corrected chi connectivity index (χ0v) is 13.5. The van der Waals surface area contributed by atoms with E-state index in [2.05, 4.69) is 15.8 Å². The fourth-order valence-electron chi connectivity index (χ4n) is 2.02. The Balaban J connectivity index is 2.24. The predicted molar refractivity (Wildman–Crippen MR) is 89.0 cm³/mol. The maximum Gasteiger partial charge on any atom is 0.313 e. The van der Waals surface area contributed by atoms with Crippen molar-refractivity contribution in [1.82, 2.24) is 9.55 Å².